The molecule has 0 spiro atoms. The largest absolute Gasteiger partial charge is 0.494 e. The first-order valence-corrected chi connectivity index (χ1v) is 4.44. The van der Waals surface area contributed by atoms with E-state index in [2.05, 4.69) is 10.3 Å². The first-order chi connectivity index (χ1) is 6.63. The molecule has 0 saturated carbocycles. The lowest BCUT2D eigenvalue weighted by Gasteiger charge is -2.05. The van der Waals surface area contributed by atoms with E-state index in [0.29, 0.717) is 16.5 Å². The molecule has 14 heavy (non-hydrogen) atoms. The van der Waals surface area contributed by atoms with Crippen molar-refractivity contribution in [3.8, 4) is 5.75 Å². The number of hydrogen-bond donors (Lipinski definition) is 0. The normalized spacial score (nSPS) is 10.6. The zero-order valence-corrected chi connectivity index (χ0v) is 9.12. The van der Waals surface area contributed by atoms with Gasteiger partial charge in [0.2, 0.25) is 0 Å². The monoisotopic (exact) mass is 213 g/mol. The molecule has 1 aromatic carbocycles. The van der Waals surface area contributed by atoms with Crippen LogP contribution in [-0.2, 0) is 0 Å². The highest BCUT2D eigenvalue weighted by atomic mass is 35.5. The lowest BCUT2D eigenvalue weighted by atomic mass is 10.3. The molecule has 1 aromatic rings. The molecule has 0 aromatic heterocycles. The summed E-state index contributed by atoms with van der Waals surface area (Å²) in [6.45, 7) is 0. The van der Waals surface area contributed by atoms with Gasteiger partial charge in [0.15, 0.2) is 0 Å². The second kappa shape index (κ2) is 4.81. The van der Waals surface area contributed by atoms with Crippen LogP contribution in [0.5, 0.6) is 5.75 Å². The lowest BCUT2D eigenvalue weighted by molar-refractivity contribution is 0.399. The molecule has 0 atom stereocenters. The van der Waals surface area contributed by atoms with Crippen LogP contribution >= 0.6 is 11.6 Å². The molecule has 0 amide bonds. The van der Waals surface area contributed by atoms with E-state index in [1.807, 2.05) is 0 Å². The number of rotatable bonds is 3. The SMILES string of the molecule is COc1ccc(Cl)cc1N=NN(C)C. The number of hydrogen-bond acceptors (Lipinski definition) is 3. The minimum absolute atomic E-state index is 0.610. The Labute approximate surface area is 88.1 Å². The number of ether oxygens (including phenoxy) is 1. The Morgan fingerprint density at radius 3 is 2.64 bits per heavy atom. The molecule has 0 aliphatic rings. The molecule has 0 radical (unpaired) electrons. The van der Waals surface area contributed by atoms with Crippen LogP contribution in [-0.4, -0.2) is 26.2 Å². The molecule has 0 unspecified atom stereocenters. The van der Waals surface area contributed by atoms with Gasteiger partial charge in [0.25, 0.3) is 0 Å². The number of halogens is 1. The Bertz CT molecular complexity index is 339. The van der Waals surface area contributed by atoms with Crippen molar-refractivity contribution in [3.05, 3.63) is 23.2 Å². The van der Waals surface area contributed by atoms with Gasteiger partial charge < -0.3 is 4.74 Å². The first kappa shape index (κ1) is 10.8. The van der Waals surface area contributed by atoms with Crippen molar-refractivity contribution in [2.24, 2.45) is 10.3 Å². The lowest BCUT2D eigenvalue weighted by Crippen LogP contribution is -1.99. The Hall–Kier alpha value is -1.29. The summed E-state index contributed by atoms with van der Waals surface area (Å²) in [5.74, 6) is 0.653. The van der Waals surface area contributed by atoms with Crippen LogP contribution < -0.4 is 4.74 Å². The molecular weight excluding hydrogens is 202 g/mol. The van der Waals surface area contributed by atoms with Gasteiger partial charge in [0.05, 0.1) is 7.11 Å². The van der Waals surface area contributed by atoms with Gasteiger partial charge in [-0.15, -0.1) is 5.11 Å². The van der Waals surface area contributed by atoms with Crippen molar-refractivity contribution in [1.29, 1.82) is 0 Å². The van der Waals surface area contributed by atoms with Crippen LogP contribution in [0.15, 0.2) is 28.5 Å². The van der Waals surface area contributed by atoms with Crippen LogP contribution in [0.1, 0.15) is 0 Å². The maximum atomic E-state index is 5.82. The van der Waals surface area contributed by atoms with Gasteiger partial charge in [-0.1, -0.05) is 16.8 Å². The fourth-order valence-corrected chi connectivity index (χ4v) is 1.05. The van der Waals surface area contributed by atoms with E-state index >= 15 is 0 Å². The quantitative estimate of drug-likeness (QED) is 0.572. The van der Waals surface area contributed by atoms with Crippen molar-refractivity contribution in [2.75, 3.05) is 21.2 Å². The number of benzene rings is 1. The Morgan fingerprint density at radius 1 is 1.36 bits per heavy atom. The molecule has 0 fully saturated rings. The van der Waals surface area contributed by atoms with Gasteiger partial charge >= 0.3 is 0 Å². The molecule has 4 nitrogen and oxygen atoms in total. The highest BCUT2D eigenvalue weighted by Gasteiger charge is 2.02. The molecule has 0 bridgehead atoms. The minimum Gasteiger partial charge on any atom is -0.494 e. The molecule has 0 N–H and O–H groups in total. The van der Waals surface area contributed by atoms with E-state index < -0.39 is 0 Å². The second-order valence-electron chi connectivity index (χ2n) is 2.85. The number of methoxy groups -OCH3 is 1. The Balaban J connectivity index is 2.99. The van der Waals surface area contributed by atoms with Gasteiger partial charge in [-0.2, -0.15) is 0 Å². The van der Waals surface area contributed by atoms with Gasteiger partial charge in [-0.3, -0.25) is 5.01 Å². The van der Waals surface area contributed by atoms with Crippen molar-refractivity contribution >= 4 is 17.3 Å². The predicted molar refractivity (Wildman–Crippen MR) is 56.2 cm³/mol. The third-order valence-electron chi connectivity index (χ3n) is 1.47. The van der Waals surface area contributed by atoms with E-state index in [4.69, 9.17) is 16.3 Å². The molecule has 0 saturated heterocycles. The summed E-state index contributed by atoms with van der Waals surface area (Å²) in [4.78, 5) is 0. The summed E-state index contributed by atoms with van der Waals surface area (Å²) >= 11 is 5.82. The van der Waals surface area contributed by atoms with Gasteiger partial charge in [0, 0.05) is 19.1 Å². The van der Waals surface area contributed by atoms with Crippen LogP contribution in [0.3, 0.4) is 0 Å². The van der Waals surface area contributed by atoms with E-state index in [0.717, 1.165) is 0 Å². The topological polar surface area (TPSA) is 37.2 Å². The van der Waals surface area contributed by atoms with E-state index in [9.17, 15) is 0 Å². The maximum absolute atomic E-state index is 5.82. The molecule has 5 heteroatoms. The maximum Gasteiger partial charge on any atom is 0.146 e. The zero-order valence-electron chi connectivity index (χ0n) is 8.36. The smallest absolute Gasteiger partial charge is 0.146 e. The van der Waals surface area contributed by atoms with Crippen molar-refractivity contribution in [2.45, 2.75) is 0 Å². The summed E-state index contributed by atoms with van der Waals surface area (Å²) in [7, 11) is 5.17. The fourth-order valence-electron chi connectivity index (χ4n) is 0.879. The highest BCUT2D eigenvalue weighted by molar-refractivity contribution is 6.30. The molecule has 0 aliphatic heterocycles. The van der Waals surface area contributed by atoms with Crippen molar-refractivity contribution in [3.63, 3.8) is 0 Å². The molecule has 0 aliphatic carbocycles. The second-order valence-corrected chi connectivity index (χ2v) is 3.29. The summed E-state index contributed by atoms with van der Waals surface area (Å²) in [6, 6.07) is 5.20. The standard InChI is InChI=1S/C9H12ClN3O/c1-13(2)12-11-8-6-7(10)4-5-9(8)14-3/h4-6H,1-3H3. The summed E-state index contributed by atoms with van der Waals surface area (Å²) in [5, 5.41) is 10.1. The van der Waals surface area contributed by atoms with Crippen molar-refractivity contribution < 1.29 is 4.74 Å². The van der Waals surface area contributed by atoms with Gasteiger partial charge in [0.1, 0.15) is 11.4 Å². The van der Waals surface area contributed by atoms with Gasteiger partial charge in [-0.25, -0.2) is 0 Å². The molecule has 76 valence electrons. The summed E-state index contributed by atoms with van der Waals surface area (Å²) in [5.41, 5.74) is 0.619. The predicted octanol–water partition coefficient (Wildman–Crippen LogP) is 2.91. The minimum atomic E-state index is 0.610. The first-order valence-electron chi connectivity index (χ1n) is 4.06. The molecule has 0 heterocycles. The summed E-state index contributed by atoms with van der Waals surface area (Å²) in [6.07, 6.45) is 0. The van der Waals surface area contributed by atoms with Gasteiger partial charge in [-0.05, 0) is 18.2 Å². The number of nitrogens with zero attached hydrogens (tertiary/aromatic N) is 3. The van der Waals surface area contributed by atoms with E-state index in [1.165, 1.54) is 0 Å². The van der Waals surface area contributed by atoms with Crippen LogP contribution in [0.25, 0.3) is 0 Å². The van der Waals surface area contributed by atoms with E-state index in [-0.39, 0.29) is 0 Å². The molecular formula is C9H12ClN3O. The highest BCUT2D eigenvalue weighted by Crippen LogP contribution is 2.30. The summed E-state index contributed by atoms with van der Waals surface area (Å²) < 4.78 is 5.10. The Kier molecular flexibility index (Phi) is 3.71. The third-order valence-corrected chi connectivity index (χ3v) is 1.71. The van der Waals surface area contributed by atoms with Crippen LogP contribution in [0.2, 0.25) is 5.02 Å². The average molecular weight is 214 g/mol. The average Bonchev–Trinajstić information content (AvgIpc) is 2.15. The van der Waals surface area contributed by atoms with Crippen molar-refractivity contribution in [1.82, 2.24) is 5.01 Å². The third kappa shape index (κ3) is 2.88. The fraction of sp³-hybridized carbons (Fsp3) is 0.333. The van der Waals surface area contributed by atoms with Crippen LogP contribution in [0, 0.1) is 0 Å². The zero-order chi connectivity index (χ0) is 10.6. The van der Waals surface area contributed by atoms with Crippen LogP contribution in [0.4, 0.5) is 5.69 Å². The molecule has 1 rings (SSSR count). The van der Waals surface area contributed by atoms with E-state index in [1.54, 1.807) is 44.4 Å². The Morgan fingerprint density at radius 2 is 2.07 bits per heavy atom.